The molecule has 0 N–H and O–H groups in total. The predicted molar refractivity (Wildman–Crippen MR) is 85.6 cm³/mol. The van der Waals surface area contributed by atoms with E-state index in [0.717, 1.165) is 0 Å². The summed E-state index contributed by atoms with van der Waals surface area (Å²) in [5, 5.41) is 3.70. The molecule has 18 heavy (non-hydrogen) atoms. The molecule has 0 fully saturated rings. The fourth-order valence-corrected chi connectivity index (χ4v) is 3.98. The van der Waals surface area contributed by atoms with Crippen LogP contribution in [0, 0.1) is 20.8 Å². The normalized spacial score (nSPS) is 11.1. The van der Waals surface area contributed by atoms with E-state index in [1.165, 1.54) is 35.1 Å². The second kappa shape index (κ2) is 6.22. The number of rotatable bonds is 3. The molecule has 0 radical (unpaired) electrons. The van der Waals surface area contributed by atoms with Gasteiger partial charge in [0.15, 0.2) is 0 Å². The van der Waals surface area contributed by atoms with Crippen molar-refractivity contribution >= 4 is 30.4 Å². The van der Waals surface area contributed by atoms with Gasteiger partial charge in [-0.15, -0.1) is 0 Å². The highest BCUT2D eigenvalue weighted by Crippen LogP contribution is 2.19. The molecule has 2 heteroatoms. The molecule has 2 rings (SSSR count). The van der Waals surface area contributed by atoms with E-state index in [-0.39, 0.29) is 0 Å². The summed E-state index contributed by atoms with van der Waals surface area (Å²) in [7, 11) is 1.29. The van der Waals surface area contributed by atoms with Crippen molar-refractivity contribution in [3.63, 3.8) is 0 Å². The standard InChI is InChI=1S/C16H17PS/c1-12-9-13(2)16(14(3)10-12)17-11-18-15-7-5-4-6-8-15/h4-11H,1-3H3. The Labute approximate surface area is 115 Å². The van der Waals surface area contributed by atoms with Crippen LogP contribution in [0.25, 0.3) is 0 Å². The average Bonchev–Trinajstić information content (AvgIpc) is 2.34. The Morgan fingerprint density at radius 2 is 1.56 bits per heavy atom. The van der Waals surface area contributed by atoms with Gasteiger partial charge in [-0.1, -0.05) is 55.9 Å². The van der Waals surface area contributed by atoms with Crippen LogP contribution in [-0.2, 0) is 0 Å². The lowest BCUT2D eigenvalue weighted by Gasteiger charge is -2.06. The number of aryl methyl sites for hydroxylation is 3. The molecule has 2 aromatic carbocycles. The second-order valence-electron chi connectivity index (χ2n) is 4.41. The minimum atomic E-state index is 1.29. The molecular weight excluding hydrogens is 255 g/mol. The first-order valence-corrected chi connectivity index (χ1v) is 7.83. The lowest BCUT2D eigenvalue weighted by molar-refractivity contribution is 1.36. The van der Waals surface area contributed by atoms with E-state index < -0.39 is 0 Å². The molecule has 0 aliphatic heterocycles. The van der Waals surface area contributed by atoms with Crippen molar-refractivity contribution in [2.75, 3.05) is 0 Å². The van der Waals surface area contributed by atoms with Crippen molar-refractivity contribution in [3.05, 3.63) is 59.2 Å². The highest BCUT2D eigenvalue weighted by molar-refractivity contribution is 8.16. The molecule has 92 valence electrons. The quantitative estimate of drug-likeness (QED) is 0.574. The van der Waals surface area contributed by atoms with E-state index in [0.29, 0.717) is 0 Å². The molecule has 0 heterocycles. The Morgan fingerprint density at radius 1 is 0.944 bits per heavy atom. The zero-order valence-electron chi connectivity index (χ0n) is 11.0. The van der Waals surface area contributed by atoms with Crippen LogP contribution in [0.2, 0.25) is 0 Å². The van der Waals surface area contributed by atoms with Gasteiger partial charge in [-0.05, 0) is 44.0 Å². The van der Waals surface area contributed by atoms with Crippen molar-refractivity contribution < 1.29 is 0 Å². The number of benzene rings is 2. The summed E-state index contributed by atoms with van der Waals surface area (Å²) < 4.78 is 0. The van der Waals surface area contributed by atoms with Crippen LogP contribution in [0.1, 0.15) is 16.7 Å². The van der Waals surface area contributed by atoms with Gasteiger partial charge in [-0.25, -0.2) is 0 Å². The van der Waals surface area contributed by atoms with E-state index >= 15 is 0 Å². The van der Waals surface area contributed by atoms with E-state index in [2.05, 4.69) is 68.4 Å². The molecule has 0 amide bonds. The van der Waals surface area contributed by atoms with Crippen molar-refractivity contribution in [2.45, 2.75) is 25.7 Å². The number of hydrogen-bond acceptors (Lipinski definition) is 1. The van der Waals surface area contributed by atoms with E-state index in [9.17, 15) is 0 Å². The first kappa shape index (κ1) is 13.4. The van der Waals surface area contributed by atoms with Gasteiger partial charge < -0.3 is 0 Å². The molecule has 0 atom stereocenters. The minimum absolute atomic E-state index is 1.29. The Balaban J connectivity index is 2.15. The Kier molecular flexibility index (Phi) is 4.63. The average molecular weight is 272 g/mol. The third-order valence-corrected chi connectivity index (χ3v) is 5.10. The van der Waals surface area contributed by atoms with Crippen LogP contribution >= 0.6 is 20.0 Å². The first-order valence-electron chi connectivity index (χ1n) is 5.99. The van der Waals surface area contributed by atoms with E-state index in [1.807, 2.05) is 0 Å². The van der Waals surface area contributed by atoms with E-state index in [1.54, 1.807) is 11.8 Å². The summed E-state index contributed by atoms with van der Waals surface area (Å²) in [6.45, 7) is 6.55. The SMILES string of the molecule is Cc1cc(C)c(P=CSc2ccccc2)c(C)c1. The maximum atomic E-state index is 2.26. The molecule has 0 unspecified atom stereocenters. The lowest BCUT2D eigenvalue weighted by atomic mass is 10.1. The van der Waals surface area contributed by atoms with Gasteiger partial charge in [0.25, 0.3) is 0 Å². The molecule has 0 nitrogen and oxygen atoms in total. The zero-order valence-corrected chi connectivity index (χ0v) is 12.7. The summed E-state index contributed by atoms with van der Waals surface area (Å²) in [6, 6.07) is 15.0. The molecule has 0 aliphatic carbocycles. The highest BCUT2D eigenvalue weighted by Gasteiger charge is 2.00. The van der Waals surface area contributed by atoms with Gasteiger partial charge in [0.2, 0.25) is 0 Å². The lowest BCUT2D eigenvalue weighted by Crippen LogP contribution is -2.03. The largest absolute Gasteiger partial charge is 0.0931 e. The topological polar surface area (TPSA) is 0 Å². The summed E-state index contributed by atoms with van der Waals surface area (Å²) in [6.07, 6.45) is 0. The monoisotopic (exact) mass is 272 g/mol. The van der Waals surface area contributed by atoms with Gasteiger partial charge in [0, 0.05) is 15.3 Å². The Morgan fingerprint density at radius 3 is 2.17 bits per heavy atom. The Hall–Kier alpha value is -1.04. The zero-order chi connectivity index (χ0) is 13.0. The summed E-state index contributed by atoms with van der Waals surface area (Å²) in [4.78, 5) is 1.30. The maximum absolute atomic E-state index is 2.26. The highest BCUT2D eigenvalue weighted by atomic mass is 32.2. The van der Waals surface area contributed by atoms with Crippen LogP contribution in [0.3, 0.4) is 0 Å². The van der Waals surface area contributed by atoms with Crippen molar-refractivity contribution in [1.82, 2.24) is 0 Å². The summed E-state index contributed by atoms with van der Waals surface area (Å²) >= 11 is 1.80. The number of hydrogen-bond donors (Lipinski definition) is 0. The number of thioether (sulfide) groups is 1. The molecule has 0 spiro atoms. The van der Waals surface area contributed by atoms with Crippen LogP contribution in [0.4, 0.5) is 0 Å². The summed E-state index contributed by atoms with van der Waals surface area (Å²) in [5.41, 5.74) is 4.12. The van der Waals surface area contributed by atoms with E-state index in [4.69, 9.17) is 0 Å². The molecular formula is C16H17PS. The first-order chi connectivity index (χ1) is 8.66. The molecule has 0 aromatic heterocycles. The van der Waals surface area contributed by atoms with Crippen molar-refractivity contribution in [1.29, 1.82) is 0 Å². The van der Waals surface area contributed by atoms with Crippen LogP contribution in [0.15, 0.2) is 47.4 Å². The Bertz CT molecular complexity index is 536. The molecule has 0 saturated carbocycles. The van der Waals surface area contributed by atoms with Gasteiger partial charge in [0.1, 0.15) is 0 Å². The molecule has 0 bridgehead atoms. The smallest absolute Gasteiger partial charge is 0.0119 e. The van der Waals surface area contributed by atoms with Crippen LogP contribution < -0.4 is 5.30 Å². The molecule has 2 aromatic rings. The fraction of sp³-hybridized carbons (Fsp3) is 0.188. The maximum Gasteiger partial charge on any atom is 0.0119 e. The fourth-order valence-electron chi connectivity index (χ4n) is 2.02. The molecule has 0 saturated heterocycles. The van der Waals surface area contributed by atoms with Crippen LogP contribution in [0.5, 0.6) is 0 Å². The van der Waals surface area contributed by atoms with Gasteiger partial charge in [0.05, 0.1) is 0 Å². The third kappa shape index (κ3) is 3.48. The van der Waals surface area contributed by atoms with Gasteiger partial charge in [-0.2, -0.15) is 0 Å². The van der Waals surface area contributed by atoms with Gasteiger partial charge >= 0.3 is 0 Å². The third-order valence-electron chi connectivity index (χ3n) is 2.75. The second-order valence-corrected chi connectivity index (χ2v) is 6.67. The van der Waals surface area contributed by atoms with Crippen molar-refractivity contribution in [2.24, 2.45) is 0 Å². The summed E-state index contributed by atoms with van der Waals surface area (Å²) in [5.74, 6) is 0. The van der Waals surface area contributed by atoms with Gasteiger partial charge in [-0.3, -0.25) is 0 Å². The predicted octanol–water partition coefficient (Wildman–Crippen LogP) is 4.74. The molecule has 0 aliphatic rings. The van der Waals surface area contributed by atoms with Crippen LogP contribution in [-0.4, -0.2) is 5.13 Å². The van der Waals surface area contributed by atoms with Crippen molar-refractivity contribution in [3.8, 4) is 0 Å². The minimum Gasteiger partial charge on any atom is -0.0931 e.